The maximum absolute atomic E-state index is 4.36. The van der Waals surface area contributed by atoms with Crippen LogP contribution in [0.4, 0.5) is 0 Å². The summed E-state index contributed by atoms with van der Waals surface area (Å²) in [5.41, 5.74) is 2.03. The van der Waals surface area contributed by atoms with Gasteiger partial charge in [-0.15, -0.1) is 0 Å². The van der Waals surface area contributed by atoms with Crippen molar-refractivity contribution < 1.29 is 0 Å². The lowest BCUT2D eigenvalue weighted by Crippen LogP contribution is -1.86. The maximum atomic E-state index is 4.36. The van der Waals surface area contributed by atoms with E-state index in [0.29, 0.717) is 4.73 Å². The predicted octanol–water partition coefficient (Wildman–Crippen LogP) is 4.06. The zero-order valence-corrected chi connectivity index (χ0v) is 10.6. The van der Waals surface area contributed by atoms with Gasteiger partial charge in [-0.2, -0.15) is 0 Å². The fourth-order valence-corrected chi connectivity index (χ4v) is 2.15. The molecule has 0 N–H and O–H groups in total. The SMILES string of the molecule is Brc1nccc(-c2ccc3ccccc3c2)n1. The Hall–Kier alpha value is -1.74. The summed E-state index contributed by atoms with van der Waals surface area (Å²) in [5.74, 6) is 0. The minimum absolute atomic E-state index is 0.614. The fraction of sp³-hybridized carbons (Fsp3) is 0. The molecule has 17 heavy (non-hydrogen) atoms. The molecule has 3 heteroatoms. The van der Waals surface area contributed by atoms with E-state index in [9.17, 15) is 0 Å². The molecule has 0 amide bonds. The Bertz CT molecular complexity index is 680. The topological polar surface area (TPSA) is 25.8 Å². The van der Waals surface area contributed by atoms with Crippen molar-refractivity contribution in [3.63, 3.8) is 0 Å². The van der Waals surface area contributed by atoms with E-state index in [1.165, 1.54) is 10.8 Å². The third kappa shape index (κ3) is 2.06. The average Bonchev–Trinajstić information content (AvgIpc) is 2.38. The van der Waals surface area contributed by atoms with Crippen molar-refractivity contribution in [2.75, 3.05) is 0 Å². The van der Waals surface area contributed by atoms with Crippen LogP contribution in [0.1, 0.15) is 0 Å². The molecule has 0 radical (unpaired) electrons. The first-order valence-electron chi connectivity index (χ1n) is 5.31. The summed E-state index contributed by atoms with van der Waals surface area (Å²) < 4.78 is 0.614. The van der Waals surface area contributed by atoms with Gasteiger partial charge in [0.15, 0.2) is 4.73 Å². The maximum Gasteiger partial charge on any atom is 0.197 e. The lowest BCUT2D eigenvalue weighted by atomic mass is 10.1. The van der Waals surface area contributed by atoms with Crippen molar-refractivity contribution in [1.29, 1.82) is 0 Å². The molecule has 0 spiro atoms. The van der Waals surface area contributed by atoms with Crippen LogP contribution in [0.5, 0.6) is 0 Å². The Morgan fingerprint density at radius 3 is 2.53 bits per heavy atom. The molecule has 0 unspecified atom stereocenters. The number of fused-ring (bicyclic) bond motifs is 1. The van der Waals surface area contributed by atoms with Gasteiger partial charge in [-0.3, -0.25) is 0 Å². The van der Waals surface area contributed by atoms with Gasteiger partial charge in [0.25, 0.3) is 0 Å². The number of nitrogens with zero attached hydrogens (tertiary/aromatic N) is 2. The molecule has 2 nitrogen and oxygen atoms in total. The van der Waals surface area contributed by atoms with E-state index in [4.69, 9.17) is 0 Å². The minimum Gasteiger partial charge on any atom is -0.231 e. The molecule has 0 saturated heterocycles. The van der Waals surface area contributed by atoms with E-state index in [2.05, 4.69) is 56.2 Å². The van der Waals surface area contributed by atoms with Gasteiger partial charge in [-0.25, -0.2) is 9.97 Å². The van der Waals surface area contributed by atoms with Gasteiger partial charge in [0, 0.05) is 11.8 Å². The highest BCUT2D eigenvalue weighted by Crippen LogP contribution is 2.23. The van der Waals surface area contributed by atoms with Gasteiger partial charge in [-0.05, 0) is 38.8 Å². The third-order valence-corrected chi connectivity index (χ3v) is 3.05. The standard InChI is InChI=1S/C14H9BrN2/c15-14-16-8-7-13(17-14)12-6-5-10-3-1-2-4-11(10)9-12/h1-9H. The molecule has 2 aromatic carbocycles. The first-order valence-corrected chi connectivity index (χ1v) is 6.10. The molecule has 0 saturated carbocycles. The van der Waals surface area contributed by atoms with Gasteiger partial charge in [0.1, 0.15) is 0 Å². The molecule has 0 aliphatic heterocycles. The fourth-order valence-electron chi connectivity index (χ4n) is 1.84. The van der Waals surface area contributed by atoms with Crippen LogP contribution in [0.2, 0.25) is 0 Å². The molecule has 1 aromatic heterocycles. The Kier molecular flexibility index (Phi) is 2.61. The van der Waals surface area contributed by atoms with Crippen molar-refractivity contribution >= 4 is 26.7 Å². The van der Waals surface area contributed by atoms with E-state index in [0.717, 1.165) is 11.3 Å². The Morgan fingerprint density at radius 1 is 0.882 bits per heavy atom. The van der Waals surface area contributed by atoms with Crippen molar-refractivity contribution in [1.82, 2.24) is 9.97 Å². The Balaban J connectivity index is 2.18. The second-order valence-corrected chi connectivity index (χ2v) is 4.48. The molecular formula is C14H9BrN2. The highest BCUT2D eigenvalue weighted by molar-refractivity contribution is 9.10. The van der Waals surface area contributed by atoms with Crippen molar-refractivity contribution in [3.05, 3.63) is 59.5 Å². The number of aromatic nitrogens is 2. The molecule has 0 bridgehead atoms. The van der Waals surface area contributed by atoms with Crippen LogP contribution in [0.3, 0.4) is 0 Å². The molecule has 0 atom stereocenters. The van der Waals surface area contributed by atoms with Crippen molar-refractivity contribution in [3.8, 4) is 11.3 Å². The van der Waals surface area contributed by atoms with Crippen molar-refractivity contribution in [2.45, 2.75) is 0 Å². The summed E-state index contributed by atoms with van der Waals surface area (Å²) >= 11 is 3.29. The quantitative estimate of drug-likeness (QED) is 0.630. The number of halogens is 1. The molecule has 0 fully saturated rings. The number of benzene rings is 2. The number of rotatable bonds is 1. The van der Waals surface area contributed by atoms with Gasteiger partial charge in [-0.1, -0.05) is 36.4 Å². The van der Waals surface area contributed by atoms with Gasteiger partial charge in [0.05, 0.1) is 5.69 Å². The van der Waals surface area contributed by atoms with E-state index >= 15 is 0 Å². The molecule has 1 heterocycles. The predicted molar refractivity (Wildman–Crippen MR) is 72.7 cm³/mol. The number of hydrogen-bond donors (Lipinski definition) is 0. The van der Waals surface area contributed by atoms with Crippen LogP contribution >= 0.6 is 15.9 Å². The lowest BCUT2D eigenvalue weighted by molar-refractivity contribution is 1.12. The lowest BCUT2D eigenvalue weighted by Gasteiger charge is -2.03. The molecule has 0 aliphatic rings. The zero-order chi connectivity index (χ0) is 11.7. The second-order valence-electron chi connectivity index (χ2n) is 3.77. The van der Waals surface area contributed by atoms with Gasteiger partial charge in [0.2, 0.25) is 0 Å². The Labute approximate surface area is 107 Å². The molecular weight excluding hydrogens is 276 g/mol. The van der Waals surface area contributed by atoms with Crippen LogP contribution in [0, 0.1) is 0 Å². The van der Waals surface area contributed by atoms with E-state index in [1.807, 2.05) is 18.2 Å². The normalized spacial score (nSPS) is 10.6. The average molecular weight is 285 g/mol. The van der Waals surface area contributed by atoms with E-state index in [1.54, 1.807) is 6.20 Å². The third-order valence-electron chi connectivity index (χ3n) is 2.67. The van der Waals surface area contributed by atoms with Crippen LogP contribution in [0.25, 0.3) is 22.0 Å². The monoisotopic (exact) mass is 284 g/mol. The summed E-state index contributed by atoms with van der Waals surface area (Å²) in [6, 6.07) is 16.5. The summed E-state index contributed by atoms with van der Waals surface area (Å²) in [4.78, 5) is 8.39. The molecule has 82 valence electrons. The first kappa shape index (κ1) is 10.4. The van der Waals surface area contributed by atoms with Crippen molar-refractivity contribution in [2.24, 2.45) is 0 Å². The second kappa shape index (κ2) is 4.26. The highest BCUT2D eigenvalue weighted by atomic mass is 79.9. The van der Waals surface area contributed by atoms with Gasteiger partial charge < -0.3 is 0 Å². The zero-order valence-electron chi connectivity index (χ0n) is 8.97. The number of hydrogen-bond acceptors (Lipinski definition) is 2. The molecule has 3 aromatic rings. The van der Waals surface area contributed by atoms with E-state index < -0.39 is 0 Å². The Morgan fingerprint density at radius 2 is 1.71 bits per heavy atom. The minimum atomic E-state index is 0.614. The summed E-state index contributed by atoms with van der Waals surface area (Å²) in [6.45, 7) is 0. The van der Waals surface area contributed by atoms with Gasteiger partial charge >= 0.3 is 0 Å². The summed E-state index contributed by atoms with van der Waals surface area (Å²) in [5, 5.41) is 2.46. The summed E-state index contributed by atoms with van der Waals surface area (Å²) in [6.07, 6.45) is 1.75. The van der Waals surface area contributed by atoms with Crippen LogP contribution in [-0.4, -0.2) is 9.97 Å². The molecule has 3 rings (SSSR count). The van der Waals surface area contributed by atoms with Crippen LogP contribution in [-0.2, 0) is 0 Å². The van der Waals surface area contributed by atoms with Crippen LogP contribution < -0.4 is 0 Å². The highest BCUT2D eigenvalue weighted by Gasteiger charge is 2.01. The largest absolute Gasteiger partial charge is 0.231 e. The van der Waals surface area contributed by atoms with E-state index in [-0.39, 0.29) is 0 Å². The summed E-state index contributed by atoms with van der Waals surface area (Å²) in [7, 11) is 0. The first-order chi connectivity index (χ1) is 8.33. The molecule has 0 aliphatic carbocycles. The smallest absolute Gasteiger partial charge is 0.197 e. The van der Waals surface area contributed by atoms with Crippen LogP contribution in [0.15, 0.2) is 59.5 Å².